The first-order valence-electron chi connectivity index (χ1n) is 7.59. The van der Waals surface area contributed by atoms with Gasteiger partial charge in [-0.3, -0.25) is 4.68 Å². The molecule has 1 atom stereocenters. The highest BCUT2D eigenvalue weighted by Crippen LogP contribution is 2.27. The van der Waals surface area contributed by atoms with Gasteiger partial charge in [0, 0.05) is 25.3 Å². The fourth-order valence-corrected chi connectivity index (χ4v) is 3.21. The highest BCUT2D eigenvalue weighted by atomic mass is 15.3. The minimum Gasteiger partial charge on any atom is -0.308 e. The summed E-state index contributed by atoms with van der Waals surface area (Å²) in [6.45, 7) is 6.38. The second kappa shape index (κ2) is 6.93. The normalized spacial score (nSPS) is 19.0. The van der Waals surface area contributed by atoms with Gasteiger partial charge in [0.2, 0.25) is 0 Å². The summed E-state index contributed by atoms with van der Waals surface area (Å²) in [5.41, 5.74) is 1.31. The van der Waals surface area contributed by atoms with Crippen molar-refractivity contribution in [1.29, 1.82) is 0 Å². The maximum absolute atomic E-state index is 4.33. The largest absolute Gasteiger partial charge is 0.308 e. The summed E-state index contributed by atoms with van der Waals surface area (Å²) in [6.07, 6.45) is 10.3. The smallest absolute Gasteiger partial charge is 0.0522 e. The van der Waals surface area contributed by atoms with Crippen LogP contribution in [0.25, 0.3) is 0 Å². The van der Waals surface area contributed by atoms with E-state index in [1.54, 1.807) is 0 Å². The van der Waals surface area contributed by atoms with Crippen LogP contribution in [0.3, 0.4) is 0 Å². The third-order valence-corrected chi connectivity index (χ3v) is 4.31. The van der Waals surface area contributed by atoms with Gasteiger partial charge in [0.25, 0.3) is 0 Å². The Morgan fingerprint density at radius 3 is 2.78 bits per heavy atom. The first-order valence-corrected chi connectivity index (χ1v) is 7.59. The van der Waals surface area contributed by atoms with Gasteiger partial charge in [-0.25, -0.2) is 0 Å². The van der Waals surface area contributed by atoms with E-state index in [4.69, 9.17) is 0 Å². The fraction of sp³-hybridized carbons (Fsp3) is 0.800. The SMILES string of the molecule is CCC(NCc1ccnn1CC)C1CCCCC1. The lowest BCUT2D eigenvalue weighted by Crippen LogP contribution is -2.36. The van der Waals surface area contributed by atoms with Crippen molar-refractivity contribution in [3.63, 3.8) is 0 Å². The molecule has 1 aliphatic rings. The monoisotopic (exact) mass is 249 g/mol. The molecule has 1 heterocycles. The third kappa shape index (κ3) is 3.35. The van der Waals surface area contributed by atoms with Crippen LogP contribution >= 0.6 is 0 Å². The summed E-state index contributed by atoms with van der Waals surface area (Å²) in [7, 11) is 0. The van der Waals surface area contributed by atoms with Crippen LogP contribution in [-0.2, 0) is 13.1 Å². The highest BCUT2D eigenvalue weighted by Gasteiger charge is 2.21. The van der Waals surface area contributed by atoms with E-state index >= 15 is 0 Å². The van der Waals surface area contributed by atoms with Gasteiger partial charge >= 0.3 is 0 Å². The lowest BCUT2D eigenvalue weighted by Gasteiger charge is -2.30. The van der Waals surface area contributed by atoms with Crippen LogP contribution in [0, 0.1) is 5.92 Å². The lowest BCUT2D eigenvalue weighted by atomic mass is 9.83. The maximum Gasteiger partial charge on any atom is 0.0522 e. The lowest BCUT2D eigenvalue weighted by molar-refractivity contribution is 0.260. The molecule has 3 nitrogen and oxygen atoms in total. The average Bonchev–Trinajstić information content (AvgIpc) is 2.88. The van der Waals surface area contributed by atoms with Crippen LogP contribution in [0.15, 0.2) is 12.3 Å². The minimum absolute atomic E-state index is 0.686. The van der Waals surface area contributed by atoms with E-state index in [1.807, 2.05) is 6.20 Å². The second-order valence-electron chi connectivity index (χ2n) is 5.43. The Balaban J connectivity index is 1.86. The van der Waals surface area contributed by atoms with Crippen LogP contribution in [0.5, 0.6) is 0 Å². The molecule has 0 spiro atoms. The number of hydrogen-bond donors (Lipinski definition) is 1. The minimum atomic E-state index is 0.686. The van der Waals surface area contributed by atoms with E-state index in [1.165, 1.54) is 44.2 Å². The molecule has 1 N–H and O–H groups in total. The number of rotatable bonds is 6. The van der Waals surface area contributed by atoms with Crippen LogP contribution in [0.4, 0.5) is 0 Å². The molecular weight excluding hydrogens is 222 g/mol. The van der Waals surface area contributed by atoms with E-state index in [0.717, 1.165) is 19.0 Å². The fourth-order valence-electron chi connectivity index (χ4n) is 3.21. The van der Waals surface area contributed by atoms with Gasteiger partial charge in [0.15, 0.2) is 0 Å². The molecule has 0 saturated heterocycles. The zero-order chi connectivity index (χ0) is 12.8. The van der Waals surface area contributed by atoms with Crippen LogP contribution in [0.1, 0.15) is 58.1 Å². The summed E-state index contributed by atoms with van der Waals surface area (Å²) >= 11 is 0. The predicted octanol–water partition coefficient (Wildman–Crippen LogP) is 3.35. The van der Waals surface area contributed by atoms with E-state index < -0.39 is 0 Å². The number of aromatic nitrogens is 2. The van der Waals surface area contributed by atoms with Gasteiger partial charge in [-0.05, 0) is 38.2 Å². The maximum atomic E-state index is 4.33. The Labute approximate surface area is 111 Å². The zero-order valence-electron chi connectivity index (χ0n) is 11.9. The summed E-state index contributed by atoms with van der Waals surface area (Å²) in [4.78, 5) is 0. The molecule has 1 aromatic rings. The molecular formula is C15H27N3. The Morgan fingerprint density at radius 2 is 2.11 bits per heavy atom. The number of aryl methyl sites for hydroxylation is 1. The van der Waals surface area contributed by atoms with Crippen molar-refractivity contribution in [3.8, 4) is 0 Å². The number of nitrogens with one attached hydrogen (secondary N) is 1. The van der Waals surface area contributed by atoms with Crippen LogP contribution in [0.2, 0.25) is 0 Å². The molecule has 0 aliphatic heterocycles. The molecule has 1 fully saturated rings. The number of nitrogens with zero attached hydrogens (tertiary/aromatic N) is 2. The Kier molecular flexibility index (Phi) is 5.24. The molecule has 1 unspecified atom stereocenters. The van der Waals surface area contributed by atoms with E-state index in [2.05, 4.69) is 35.0 Å². The first-order chi connectivity index (χ1) is 8.85. The van der Waals surface area contributed by atoms with Gasteiger partial charge in [-0.1, -0.05) is 26.2 Å². The van der Waals surface area contributed by atoms with Gasteiger partial charge in [-0.2, -0.15) is 5.10 Å². The van der Waals surface area contributed by atoms with E-state index in [0.29, 0.717) is 6.04 Å². The van der Waals surface area contributed by atoms with Crippen molar-refractivity contribution in [2.45, 2.75) is 71.5 Å². The molecule has 18 heavy (non-hydrogen) atoms. The van der Waals surface area contributed by atoms with Crippen molar-refractivity contribution in [2.75, 3.05) is 0 Å². The van der Waals surface area contributed by atoms with Crippen molar-refractivity contribution < 1.29 is 0 Å². The zero-order valence-corrected chi connectivity index (χ0v) is 11.9. The van der Waals surface area contributed by atoms with Gasteiger partial charge in [0.05, 0.1) is 5.69 Å². The molecule has 1 aliphatic carbocycles. The van der Waals surface area contributed by atoms with Crippen molar-refractivity contribution >= 4 is 0 Å². The van der Waals surface area contributed by atoms with Crippen molar-refractivity contribution in [1.82, 2.24) is 15.1 Å². The summed E-state index contributed by atoms with van der Waals surface area (Å²) in [5, 5.41) is 8.08. The topological polar surface area (TPSA) is 29.9 Å². The van der Waals surface area contributed by atoms with Gasteiger partial charge in [0.1, 0.15) is 0 Å². The van der Waals surface area contributed by atoms with Crippen molar-refractivity contribution in [3.05, 3.63) is 18.0 Å². The molecule has 3 heteroatoms. The Bertz CT molecular complexity index is 339. The summed E-state index contributed by atoms with van der Waals surface area (Å²) in [6, 6.07) is 2.81. The highest BCUT2D eigenvalue weighted by molar-refractivity contribution is 5.00. The molecule has 0 bridgehead atoms. The van der Waals surface area contributed by atoms with Gasteiger partial charge < -0.3 is 5.32 Å². The molecule has 102 valence electrons. The van der Waals surface area contributed by atoms with E-state index in [9.17, 15) is 0 Å². The Morgan fingerprint density at radius 1 is 1.33 bits per heavy atom. The van der Waals surface area contributed by atoms with Crippen molar-refractivity contribution in [2.24, 2.45) is 5.92 Å². The standard InChI is InChI=1S/C15H27N3/c1-3-15(13-8-6-5-7-9-13)16-12-14-10-11-17-18(14)4-2/h10-11,13,15-16H,3-9,12H2,1-2H3. The van der Waals surface area contributed by atoms with Gasteiger partial charge in [-0.15, -0.1) is 0 Å². The quantitative estimate of drug-likeness (QED) is 0.838. The van der Waals surface area contributed by atoms with Crippen LogP contribution in [-0.4, -0.2) is 15.8 Å². The van der Waals surface area contributed by atoms with Crippen LogP contribution < -0.4 is 5.32 Å². The molecule has 2 rings (SSSR count). The third-order valence-electron chi connectivity index (χ3n) is 4.31. The number of hydrogen-bond acceptors (Lipinski definition) is 2. The molecule has 0 radical (unpaired) electrons. The Hall–Kier alpha value is -0.830. The molecule has 0 amide bonds. The summed E-state index contributed by atoms with van der Waals surface area (Å²) in [5.74, 6) is 0.891. The molecule has 0 aromatic carbocycles. The second-order valence-corrected chi connectivity index (χ2v) is 5.43. The van der Waals surface area contributed by atoms with E-state index in [-0.39, 0.29) is 0 Å². The predicted molar refractivity (Wildman–Crippen MR) is 75.4 cm³/mol. The summed E-state index contributed by atoms with van der Waals surface area (Å²) < 4.78 is 2.08. The first kappa shape index (κ1) is 13.6. The average molecular weight is 249 g/mol. The molecule has 1 saturated carbocycles. The molecule has 1 aromatic heterocycles.